The van der Waals surface area contributed by atoms with E-state index in [9.17, 15) is 19.5 Å². The van der Waals surface area contributed by atoms with Crippen molar-refractivity contribution in [1.82, 2.24) is 19.0 Å². The molecule has 2 aliphatic heterocycles. The lowest BCUT2D eigenvalue weighted by Crippen LogP contribution is -2.58. The third kappa shape index (κ3) is 4.60. The Morgan fingerprint density at radius 1 is 0.825 bits per heavy atom. The lowest BCUT2D eigenvalue weighted by Gasteiger charge is -2.55. The monoisotopic (exact) mass is 542 g/mol. The molecule has 3 aromatic rings. The molecule has 7 rings (SSSR count). The van der Waals surface area contributed by atoms with Gasteiger partial charge in [-0.3, -0.25) is 19.3 Å². The van der Waals surface area contributed by atoms with E-state index in [0.29, 0.717) is 23.7 Å². The summed E-state index contributed by atoms with van der Waals surface area (Å²) in [5.41, 5.74) is 1.74. The number of hydrogen-bond acceptors (Lipinski definition) is 5. The number of aliphatic carboxylic acids is 1. The molecule has 4 heterocycles. The lowest BCUT2D eigenvalue weighted by atomic mass is 9.68. The minimum Gasteiger partial charge on any atom is -0.480 e. The van der Waals surface area contributed by atoms with Crippen LogP contribution in [0.1, 0.15) is 76.7 Å². The van der Waals surface area contributed by atoms with E-state index in [0.717, 1.165) is 40.3 Å². The minimum atomic E-state index is -1.11. The zero-order valence-electron chi connectivity index (χ0n) is 23.0. The number of carboxylic acids is 1. The Kier molecular flexibility index (Phi) is 6.61. The maximum absolute atomic E-state index is 14.2. The quantitative estimate of drug-likeness (QED) is 0.496. The summed E-state index contributed by atoms with van der Waals surface area (Å²) >= 11 is 0. The Hall–Kier alpha value is -3.26. The first-order valence-corrected chi connectivity index (χ1v) is 15.2. The van der Waals surface area contributed by atoms with E-state index < -0.39 is 18.1 Å². The Balaban J connectivity index is 1.26. The van der Waals surface area contributed by atoms with Crippen molar-refractivity contribution in [3.63, 3.8) is 0 Å². The van der Waals surface area contributed by atoms with Crippen LogP contribution in [-0.4, -0.2) is 48.2 Å². The first-order valence-electron chi connectivity index (χ1n) is 15.2. The number of benzene rings is 1. The summed E-state index contributed by atoms with van der Waals surface area (Å²) in [6.45, 7) is -0.459. The highest BCUT2D eigenvalue weighted by Gasteiger charge is 2.45. The van der Waals surface area contributed by atoms with Crippen molar-refractivity contribution in [1.29, 1.82) is 0 Å². The first kappa shape index (κ1) is 25.7. The Bertz CT molecular complexity index is 1530. The van der Waals surface area contributed by atoms with E-state index in [1.54, 1.807) is 6.07 Å². The van der Waals surface area contributed by atoms with Gasteiger partial charge < -0.3 is 14.2 Å². The Morgan fingerprint density at radius 2 is 1.52 bits per heavy atom. The molecular weight excluding hydrogens is 504 g/mol. The molecule has 4 unspecified atom stereocenters. The number of piperidine rings is 2. The molecule has 1 aromatic carbocycles. The number of carboxylic acid groups (broad SMARTS) is 1. The van der Waals surface area contributed by atoms with E-state index in [1.165, 1.54) is 70.1 Å². The average molecular weight is 543 g/mol. The number of aromatic nitrogens is 3. The molecule has 2 aromatic heterocycles. The van der Waals surface area contributed by atoms with E-state index in [2.05, 4.69) is 4.90 Å². The van der Waals surface area contributed by atoms with Gasteiger partial charge in [0.05, 0.1) is 11.0 Å². The average Bonchev–Trinajstić information content (AvgIpc) is 2.93. The van der Waals surface area contributed by atoms with Crippen LogP contribution in [0, 0.1) is 11.8 Å². The lowest BCUT2D eigenvalue weighted by molar-refractivity contribution is -0.137. The fraction of sp³-hybridized carbons (Fsp3) is 0.562. The van der Waals surface area contributed by atoms with E-state index in [-0.39, 0.29) is 17.3 Å². The molecule has 2 saturated heterocycles. The number of pyridine rings is 1. The van der Waals surface area contributed by atoms with Crippen LogP contribution in [0.4, 0.5) is 0 Å². The minimum absolute atomic E-state index is 0.0821. The molecule has 0 spiro atoms. The first-order chi connectivity index (χ1) is 19.4. The standard InChI is InChI=1S/C32H38N4O4/c37-29-12-11-22(18-34(29)19-30(38)39)31-32(40)36(28-10-2-1-9-27(28)33-31)26-16-23-7-4-8-24(17-26)35(23)25-14-20-5-3-6-21(13-20)15-25/h1-2,9-12,18,20-21,23-26H,3-8,13-17,19H2,(H,38,39). The maximum atomic E-state index is 14.2. The van der Waals surface area contributed by atoms with Crippen LogP contribution in [0.5, 0.6) is 0 Å². The van der Waals surface area contributed by atoms with Crippen LogP contribution in [0.2, 0.25) is 0 Å². The summed E-state index contributed by atoms with van der Waals surface area (Å²) < 4.78 is 3.10. The molecule has 40 heavy (non-hydrogen) atoms. The molecule has 4 bridgehead atoms. The highest BCUT2D eigenvalue weighted by Crippen LogP contribution is 2.47. The van der Waals surface area contributed by atoms with Crippen molar-refractivity contribution in [2.24, 2.45) is 11.8 Å². The second-order valence-corrected chi connectivity index (χ2v) is 12.7. The summed E-state index contributed by atoms with van der Waals surface area (Å²) in [4.78, 5) is 45.5. The number of nitrogens with zero attached hydrogens (tertiary/aromatic N) is 4. The molecule has 8 nitrogen and oxygen atoms in total. The summed E-state index contributed by atoms with van der Waals surface area (Å²) in [6, 6.07) is 12.5. The third-order valence-electron chi connectivity index (χ3n) is 10.3. The van der Waals surface area contributed by atoms with Gasteiger partial charge in [-0.1, -0.05) is 37.8 Å². The molecule has 8 heteroatoms. The molecule has 4 aliphatic rings. The van der Waals surface area contributed by atoms with Gasteiger partial charge in [0.1, 0.15) is 12.2 Å². The number of fused-ring (bicyclic) bond motifs is 5. The van der Waals surface area contributed by atoms with Gasteiger partial charge in [0.15, 0.2) is 0 Å². The molecule has 2 saturated carbocycles. The van der Waals surface area contributed by atoms with Gasteiger partial charge in [0, 0.05) is 42.0 Å². The topological polar surface area (TPSA) is 97.4 Å². The maximum Gasteiger partial charge on any atom is 0.323 e. The molecule has 0 amide bonds. The highest BCUT2D eigenvalue weighted by atomic mass is 16.4. The summed E-state index contributed by atoms with van der Waals surface area (Å²) in [6.07, 6.45) is 15.4. The number of carbonyl (C=O) groups is 1. The Labute approximate surface area is 233 Å². The van der Waals surface area contributed by atoms with E-state index >= 15 is 0 Å². The summed E-state index contributed by atoms with van der Waals surface area (Å²) in [5, 5.41) is 9.26. The molecular formula is C32H38N4O4. The van der Waals surface area contributed by atoms with Crippen LogP contribution in [-0.2, 0) is 11.3 Å². The van der Waals surface area contributed by atoms with Crippen molar-refractivity contribution in [3.8, 4) is 11.3 Å². The smallest absolute Gasteiger partial charge is 0.323 e. The summed E-state index contributed by atoms with van der Waals surface area (Å²) in [5.74, 6) is 0.687. The van der Waals surface area contributed by atoms with Gasteiger partial charge in [-0.2, -0.15) is 0 Å². The SMILES string of the molecule is O=C(O)Cn1cc(-c2nc3ccccc3n(C3CC4CCCC(C3)N4C3CC4CCCC(C4)C3)c2=O)ccc1=O. The predicted molar refractivity (Wildman–Crippen MR) is 153 cm³/mol. The normalized spacial score (nSPS) is 30.3. The zero-order chi connectivity index (χ0) is 27.4. The second kappa shape index (κ2) is 10.3. The number of rotatable bonds is 5. The van der Waals surface area contributed by atoms with Crippen LogP contribution in [0.15, 0.2) is 52.2 Å². The molecule has 210 valence electrons. The van der Waals surface area contributed by atoms with Crippen molar-refractivity contribution in [2.45, 2.75) is 101 Å². The van der Waals surface area contributed by atoms with Crippen molar-refractivity contribution >= 4 is 17.0 Å². The van der Waals surface area contributed by atoms with Crippen molar-refractivity contribution in [3.05, 3.63) is 63.3 Å². The van der Waals surface area contributed by atoms with Crippen LogP contribution in [0.3, 0.4) is 0 Å². The predicted octanol–water partition coefficient (Wildman–Crippen LogP) is 4.84. The van der Waals surface area contributed by atoms with Gasteiger partial charge in [-0.05, 0) is 75.0 Å². The van der Waals surface area contributed by atoms with Gasteiger partial charge in [-0.25, -0.2) is 4.98 Å². The molecule has 1 N–H and O–H groups in total. The van der Waals surface area contributed by atoms with Crippen molar-refractivity contribution < 1.29 is 9.90 Å². The summed E-state index contributed by atoms with van der Waals surface area (Å²) in [7, 11) is 0. The largest absolute Gasteiger partial charge is 0.480 e. The Morgan fingerprint density at radius 3 is 2.25 bits per heavy atom. The van der Waals surface area contributed by atoms with Gasteiger partial charge >= 0.3 is 5.97 Å². The fourth-order valence-electron chi connectivity index (χ4n) is 8.78. The van der Waals surface area contributed by atoms with Gasteiger partial charge in [-0.15, -0.1) is 0 Å². The number of para-hydroxylation sites is 2. The van der Waals surface area contributed by atoms with Gasteiger partial charge in [0.25, 0.3) is 11.1 Å². The van der Waals surface area contributed by atoms with E-state index in [4.69, 9.17) is 4.98 Å². The molecule has 0 radical (unpaired) electrons. The zero-order valence-corrected chi connectivity index (χ0v) is 23.0. The molecule has 4 atom stereocenters. The van der Waals surface area contributed by atoms with Crippen LogP contribution >= 0.6 is 0 Å². The van der Waals surface area contributed by atoms with Crippen molar-refractivity contribution in [2.75, 3.05) is 0 Å². The van der Waals surface area contributed by atoms with Crippen LogP contribution in [0.25, 0.3) is 22.3 Å². The fourth-order valence-corrected chi connectivity index (χ4v) is 8.78. The highest BCUT2D eigenvalue weighted by molar-refractivity contribution is 5.78. The van der Waals surface area contributed by atoms with Crippen LogP contribution < -0.4 is 11.1 Å². The number of hydrogen-bond donors (Lipinski definition) is 1. The molecule has 2 aliphatic carbocycles. The molecule has 4 fully saturated rings. The third-order valence-corrected chi connectivity index (χ3v) is 10.3. The second-order valence-electron chi connectivity index (χ2n) is 12.7. The van der Waals surface area contributed by atoms with Gasteiger partial charge in [0.2, 0.25) is 0 Å². The van der Waals surface area contributed by atoms with E-state index in [1.807, 2.05) is 28.8 Å².